The van der Waals surface area contributed by atoms with Crippen LogP contribution in [0.3, 0.4) is 0 Å². The number of hydrogen-bond acceptors (Lipinski definition) is 6. The second-order valence-corrected chi connectivity index (χ2v) is 6.84. The predicted octanol–water partition coefficient (Wildman–Crippen LogP) is 4.91. The van der Waals surface area contributed by atoms with E-state index >= 15 is 0 Å². The number of rotatable bonds is 8. The Kier molecular flexibility index (Phi) is 7.08. The van der Waals surface area contributed by atoms with Crippen molar-refractivity contribution in [2.45, 2.75) is 0 Å². The van der Waals surface area contributed by atoms with E-state index in [1.54, 1.807) is 60.7 Å². The van der Waals surface area contributed by atoms with Gasteiger partial charge in [0, 0.05) is 11.1 Å². The number of benzene rings is 3. The minimum absolute atomic E-state index is 0.0230. The zero-order valence-corrected chi connectivity index (χ0v) is 17.6. The van der Waals surface area contributed by atoms with E-state index in [0.29, 0.717) is 33.8 Å². The van der Waals surface area contributed by atoms with E-state index in [2.05, 4.69) is 0 Å². The van der Waals surface area contributed by atoms with Gasteiger partial charge in [-0.05, 0) is 47.5 Å². The predicted molar refractivity (Wildman–Crippen MR) is 122 cm³/mol. The Hall–Kier alpha value is -4.32. The van der Waals surface area contributed by atoms with Crippen LogP contribution in [0.2, 0.25) is 0 Å². The average Bonchev–Trinajstić information content (AvgIpc) is 2.82. The highest BCUT2D eigenvalue weighted by molar-refractivity contribution is 6.09. The molecule has 0 aromatic heterocycles. The maximum absolute atomic E-state index is 12.4. The maximum atomic E-state index is 12.4. The summed E-state index contributed by atoms with van der Waals surface area (Å²) >= 11 is 0. The molecular formula is C26H22O6. The van der Waals surface area contributed by atoms with Crippen molar-refractivity contribution in [1.29, 1.82) is 0 Å². The first-order valence-corrected chi connectivity index (χ1v) is 9.70. The van der Waals surface area contributed by atoms with E-state index in [4.69, 9.17) is 9.47 Å². The lowest BCUT2D eigenvalue weighted by Crippen LogP contribution is -1.98. The van der Waals surface area contributed by atoms with E-state index in [1.807, 2.05) is 0 Å². The summed E-state index contributed by atoms with van der Waals surface area (Å²) in [4.78, 5) is 24.8. The highest BCUT2D eigenvalue weighted by Gasteiger charge is 2.07. The fraction of sp³-hybridized carbons (Fsp3) is 0.0769. The molecule has 0 unspecified atom stereocenters. The van der Waals surface area contributed by atoms with Crippen LogP contribution in [0.25, 0.3) is 12.2 Å². The van der Waals surface area contributed by atoms with E-state index in [-0.39, 0.29) is 23.1 Å². The molecule has 0 heterocycles. The van der Waals surface area contributed by atoms with E-state index in [1.165, 1.54) is 38.5 Å². The summed E-state index contributed by atoms with van der Waals surface area (Å²) in [5, 5.41) is 19.3. The molecule has 0 aliphatic heterocycles. The fourth-order valence-electron chi connectivity index (χ4n) is 2.93. The Balaban J connectivity index is 1.67. The molecule has 0 saturated heterocycles. The second kappa shape index (κ2) is 10.1. The van der Waals surface area contributed by atoms with Gasteiger partial charge in [0.15, 0.2) is 34.6 Å². The molecule has 3 aromatic carbocycles. The van der Waals surface area contributed by atoms with Gasteiger partial charge >= 0.3 is 0 Å². The SMILES string of the molecule is COc1cc(/C=C/C(=O)c2ccc(C(=O)/C=C/c3ccc(O)c(OC)c3)cc2)ccc1O. The number of hydrogen-bond donors (Lipinski definition) is 2. The molecule has 6 nitrogen and oxygen atoms in total. The molecule has 0 saturated carbocycles. The number of aromatic hydroxyl groups is 2. The first kappa shape index (κ1) is 22.4. The normalized spacial score (nSPS) is 11.1. The lowest BCUT2D eigenvalue weighted by atomic mass is 10.0. The third kappa shape index (κ3) is 5.43. The Morgan fingerprint density at radius 3 is 1.38 bits per heavy atom. The number of ether oxygens (including phenoxy) is 2. The lowest BCUT2D eigenvalue weighted by Gasteiger charge is -2.04. The minimum Gasteiger partial charge on any atom is -0.504 e. The van der Waals surface area contributed by atoms with Crippen LogP contribution in [-0.2, 0) is 0 Å². The van der Waals surface area contributed by atoms with Crippen molar-refractivity contribution >= 4 is 23.7 Å². The Morgan fingerprint density at radius 2 is 1.03 bits per heavy atom. The topological polar surface area (TPSA) is 93.1 Å². The Bertz CT molecular complexity index is 1090. The fourth-order valence-corrected chi connectivity index (χ4v) is 2.93. The largest absolute Gasteiger partial charge is 0.504 e. The van der Waals surface area contributed by atoms with Crippen LogP contribution in [0.4, 0.5) is 0 Å². The summed E-state index contributed by atoms with van der Waals surface area (Å²) < 4.78 is 10.1. The number of phenols is 2. The van der Waals surface area contributed by atoms with Crippen molar-refractivity contribution in [3.8, 4) is 23.0 Å². The van der Waals surface area contributed by atoms with Crippen LogP contribution < -0.4 is 9.47 Å². The summed E-state index contributed by atoms with van der Waals surface area (Å²) in [6.07, 6.45) is 6.08. The number of allylic oxidation sites excluding steroid dienone is 2. The maximum Gasteiger partial charge on any atom is 0.185 e. The van der Waals surface area contributed by atoms with Gasteiger partial charge in [-0.3, -0.25) is 9.59 Å². The van der Waals surface area contributed by atoms with Crippen molar-refractivity contribution < 1.29 is 29.3 Å². The molecule has 0 radical (unpaired) electrons. The van der Waals surface area contributed by atoms with Crippen molar-refractivity contribution in [3.63, 3.8) is 0 Å². The molecule has 2 N–H and O–H groups in total. The molecule has 3 aromatic rings. The Morgan fingerprint density at radius 1 is 0.656 bits per heavy atom. The zero-order chi connectivity index (χ0) is 23.1. The van der Waals surface area contributed by atoms with Gasteiger partial charge in [-0.2, -0.15) is 0 Å². The molecule has 0 fully saturated rings. The highest BCUT2D eigenvalue weighted by atomic mass is 16.5. The first-order valence-electron chi connectivity index (χ1n) is 9.70. The van der Waals surface area contributed by atoms with Gasteiger partial charge in [-0.25, -0.2) is 0 Å². The van der Waals surface area contributed by atoms with E-state index in [9.17, 15) is 19.8 Å². The Labute approximate surface area is 185 Å². The van der Waals surface area contributed by atoms with Crippen molar-refractivity contribution in [3.05, 3.63) is 95.1 Å². The first-order chi connectivity index (χ1) is 15.4. The molecule has 3 rings (SSSR count). The standard InChI is InChI=1S/C26H22O6/c1-31-25-15-17(5-13-23(25)29)3-11-21(27)19-7-9-20(10-8-19)22(28)12-4-18-6-14-24(30)26(16-18)32-2/h3-16,29-30H,1-2H3/b11-3+,12-4+. The lowest BCUT2D eigenvalue weighted by molar-refractivity contribution is 0.103. The molecule has 0 amide bonds. The van der Waals surface area contributed by atoms with Gasteiger partial charge in [0.05, 0.1) is 14.2 Å². The highest BCUT2D eigenvalue weighted by Crippen LogP contribution is 2.27. The quantitative estimate of drug-likeness (QED) is 0.390. The van der Waals surface area contributed by atoms with Crippen LogP contribution in [0.15, 0.2) is 72.8 Å². The molecule has 162 valence electrons. The van der Waals surface area contributed by atoms with Gasteiger partial charge in [-0.1, -0.05) is 48.6 Å². The number of phenolic OH excluding ortho intramolecular Hbond substituents is 2. The number of ketones is 2. The minimum atomic E-state index is -0.220. The summed E-state index contributed by atoms with van der Waals surface area (Å²) in [6.45, 7) is 0. The monoisotopic (exact) mass is 430 g/mol. The molecule has 6 heteroatoms. The van der Waals surface area contributed by atoms with Gasteiger partial charge in [0.1, 0.15) is 0 Å². The third-order valence-corrected chi connectivity index (χ3v) is 4.72. The molecule has 0 bridgehead atoms. The van der Waals surface area contributed by atoms with Crippen molar-refractivity contribution in [2.24, 2.45) is 0 Å². The van der Waals surface area contributed by atoms with Gasteiger partial charge in [-0.15, -0.1) is 0 Å². The average molecular weight is 430 g/mol. The summed E-state index contributed by atoms with van der Waals surface area (Å²) in [5.41, 5.74) is 2.29. The molecule has 0 aliphatic carbocycles. The van der Waals surface area contributed by atoms with Crippen LogP contribution in [-0.4, -0.2) is 36.0 Å². The van der Waals surface area contributed by atoms with Crippen LogP contribution >= 0.6 is 0 Å². The number of methoxy groups -OCH3 is 2. The van der Waals surface area contributed by atoms with Crippen LogP contribution in [0, 0.1) is 0 Å². The third-order valence-electron chi connectivity index (χ3n) is 4.72. The molecule has 0 spiro atoms. The van der Waals surface area contributed by atoms with Gasteiger partial charge < -0.3 is 19.7 Å². The zero-order valence-electron chi connectivity index (χ0n) is 17.6. The van der Waals surface area contributed by atoms with Crippen molar-refractivity contribution in [2.75, 3.05) is 14.2 Å². The summed E-state index contributed by atoms with van der Waals surface area (Å²) in [5.74, 6) is 0.248. The van der Waals surface area contributed by atoms with Crippen LogP contribution in [0.5, 0.6) is 23.0 Å². The number of carbonyl (C=O) groups excluding carboxylic acids is 2. The second-order valence-electron chi connectivity index (χ2n) is 6.84. The van der Waals surface area contributed by atoms with Gasteiger partial charge in [0.2, 0.25) is 0 Å². The van der Waals surface area contributed by atoms with E-state index in [0.717, 1.165) is 0 Å². The molecule has 0 atom stereocenters. The van der Waals surface area contributed by atoms with Crippen LogP contribution in [0.1, 0.15) is 31.8 Å². The van der Waals surface area contributed by atoms with Crippen molar-refractivity contribution in [1.82, 2.24) is 0 Å². The van der Waals surface area contributed by atoms with Gasteiger partial charge in [0.25, 0.3) is 0 Å². The summed E-state index contributed by atoms with van der Waals surface area (Å²) in [6, 6.07) is 15.9. The summed E-state index contributed by atoms with van der Waals surface area (Å²) in [7, 11) is 2.90. The molecule has 32 heavy (non-hydrogen) atoms. The number of carbonyl (C=O) groups is 2. The molecular weight excluding hydrogens is 408 g/mol. The molecule has 0 aliphatic rings. The van der Waals surface area contributed by atoms with E-state index < -0.39 is 0 Å². The smallest absolute Gasteiger partial charge is 0.185 e.